The van der Waals surface area contributed by atoms with Gasteiger partial charge in [0.25, 0.3) is 0 Å². The molecule has 0 bridgehead atoms. The van der Waals surface area contributed by atoms with Crippen molar-refractivity contribution in [3.63, 3.8) is 0 Å². The van der Waals surface area contributed by atoms with Crippen LogP contribution in [0.2, 0.25) is 0 Å². The van der Waals surface area contributed by atoms with Crippen LogP contribution in [0.3, 0.4) is 0 Å². The third kappa shape index (κ3) is 4.21. The molecule has 3 heterocycles. The summed E-state index contributed by atoms with van der Waals surface area (Å²) in [7, 11) is 0. The Balaban J connectivity index is 0.00000144. The molecule has 8 heteroatoms. The van der Waals surface area contributed by atoms with Crippen molar-refractivity contribution < 1.29 is 4.79 Å². The Bertz CT molecular complexity index is 537. The maximum Gasteiger partial charge on any atom is 0.240 e. The van der Waals surface area contributed by atoms with Gasteiger partial charge in [0.2, 0.25) is 5.91 Å². The van der Waals surface area contributed by atoms with Gasteiger partial charge in [-0.15, -0.1) is 35.0 Å². The molecular weight excluding hydrogens is 349 g/mol. The number of aromatic nitrogens is 3. The molecule has 1 saturated heterocycles. The Hall–Kier alpha value is -0.850. The first-order valence-corrected chi connectivity index (χ1v) is 8.70. The number of aryl methyl sites for hydroxylation is 1. The fourth-order valence-corrected chi connectivity index (χ4v) is 3.69. The summed E-state index contributed by atoms with van der Waals surface area (Å²) in [6.45, 7) is 3.84. The van der Waals surface area contributed by atoms with Gasteiger partial charge in [-0.25, -0.2) is 0 Å². The zero-order valence-electron chi connectivity index (χ0n) is 14.3. The number of hydrogen-bond acceptors (Lipinski definition) is 4. The molecule has 138 valence electrons. The lowest BCUT2D eigenvalue weighted by molar-refractivity contribution is -0.137. The second-order valence-corrected chi connectivity index (χ2v) is 6.52. The van der Waals surface area contributed by atoms with Gasteiger partial charge < -0.3 is 15.2 Å². The fraction of sp³-hybridized carbons (Fsp3) is 0.812. The highest BCUT2D eigenvalue weighted by Gasteiger charge is 2.34. The van der Waals surface area contributed by atoms with Crippen molar-refractivity contribution in [3.8, 4) is 0 Å². The predicted octanol–water partition coefficient (Wildman–Crippen LogP) is 2.64. The molecule has 0 aliphatic carbocycles. The van der Waals surface area contributed by atoms with Crippen molar-refractivity contribution in [2.24, 2.45) is 5.73 Å². The maximum atomic E-state index is 12.7. The molecule has 2 aliphatic heterocycles. The van der Waals surface area contributed by atoms with Crippen LogP contribution in [-0.4, -0.2) is 38.2 Å². The van der Waals surface area contributed by atoms with E-state index < -0.39 is 0 Å². The zero-order valence-corrected chi connectivity index (χ0v) is 15.9. The highest BCUT2D eigenvalue weighted by molar-refractivity contribution is 5.85. The number of halogens is 2. The van der Waals surface area contributed by atoms with E-state index in [-0.39, 0.29) is 42.8 Å². The van der Waals surface area contributed by atoms with Gasteiger partial charge in [-0.1, -0.05) is 13.3 Å². The standard InChI is InChI=1S/C16H27N5O.2ClH/c1-2-7-12(17)16(22)20-10-5-3-8-13(20)15-19-18-14-9-4-6-11-21(14)15;;/h12-13H,2-11,17H2,1H3;2*1H. The Morgan fingerprint density at radius 2 is 1.96 bits per heavy atom. The van der Waals surface area contributed by atoms with Crippen LogP contribution < -0.4 is 5.73 Å². The molecule has 0 saturated carbocycles. The van der Waals surface area contributed by atoms with Gasteiger partial charge >= 0.3 is 0 Å². The number of carbonyl (C=O) groups excluding carboxylic acids is 1. The number of nitrogens with two attached hydrogens (primary N) is 1. The summed E-state index contributed by atoms with van der Waals surface area (Å²) >= 11 is 0. The molecular formula is C16H29Cl2N5O. The molecule has 6 nitrogen and oxygen atoms in total. The van der Waals surface area contributed by atoms with Crippen LogP contribution in [0.5, 0.6) is 0 Å². The van der Waals surface area contributed by atoms with Gasteiger partial charge in [-0.05, 0) is 38.5 Å². The van der Waals surface area contributed by atoms with Crippen LogP contribution in [-0.2, 0) is 17.8 Å². The van der Waals surface area contributed by atoms with Crippen molar-refractivity contribution >= 4 is 30.7 Å². The van der Waals surface area contributed by atoms with Crippen molar-refractivity contribution in [3.05, 3.63) is 11.6 Å². The number of nitrogens with zero attached hydrogens (tertiary/aromatic N) is 4. The molecule has 0 radical (unpaired) electrons. The molecule has 1 amide bonds. The van der Waals surface area contributed by atoms with Gasteiger partial charge in [0.1, 0.15) is 5.82 Å². The summed E-state index contributed by atoms with van der Waals surface area (Å²) in [5, 5.41) is 8.79. The Morgan fingerprint density at radius 3 is 2.71 bits per heavy atom. The number of rotatable bonds is 4. The van der Waals surface area contributed by atoms with E-state index >= 15 is 0 Å². The zero-order chi connectivity index (χ0) is 15.5. The summed E-state index contributed by atoms with van der Waals surface area (Å²) in [6, 6.07) is -0.321. The van der Waals surface area contributed by atoms with Gasteiger partial charge in [0.05, 0.1) is 12.1 Å². The second kappa shape index (κ2) is 9.59. The van der Waals surface area contributed by atoms with E-state index in [1.165, 1.54) is 12.8 Å². The van der Waals surface area contributed by atoms with Crippen LogP contribution in [0, 0.1) is 0 Å². The minimum absolute atomic E-state index is 0. The van der Waals surface area contributed by atoms with Gasteiger partial charge in [0.15, 0.2) is 5.82 Å². The van der Waals surface area contributed by atoms with Gasteiger partial charge in [0, 0.05) is 19.5 Å². The number of likely N-dealkylation sites (tertiary alicyclic amines) is 1. The van der Waals surface area contributed by atoms with E-state index in [9.17, 15) is 4.79 Å². The topological polar surface area (TPSA) is 77.0 Å². The lowest BCUT2D eigenvalue weighted by Crippen LogP contribution is -2.48. The number of piperidine rings is 1. The minimum Gasteiger partial charge on any atom is -0.331 e. The van der Waals surface area contributed by atoms with Crippen LogP contribution in [0.1, 0.15) is 69.6 Å². The van der Waals surface area contributed by atoms with E-state index in [0.29, 0.717) is 0 Å². The fourth-order valence-electron chi connectivity index (χ4n) is 3.69. The largest absolute Gasteiger partial charge is 0.331 e. The molecule has 3 rings (SSSR count). The number of hydrogen-bond donors (Lipinski definition) is 1. The third-order valence-electron chi connectivity index (χ3n) is 4.89. The predicted molar refractivity (Wildman–Crippen MR) is 98.6 cm³/mol. The van der Waals surface area contributed by atoms with Gasteiger partial charge in [-0.2, -0.15) is 0 Å². The molecule has 24 heavy (non-hydrogen) atoms. The first-order valence-electron chi connectivity index (χ1n) is 8.70. The number of amides is 1. The molecule has 0 aromatic carbocycles. The summed E-state index contributed by atoms with van der Waals surface area (Å²) in [5.74, 6) is 2.14. The minimum atomic E-state index is -0.380. The first kappa shape index (κ1) is 21.2. The van der Waals surface area contributed by atoms with Gasteiger partial charge in [-0.3, -0.25) is 4.79 Å². The summed E-state index contributed by atoms with van der Waals surface area (Å²) in [6.07, 6.45) is 8.22. The van der Waals surface area contributed by atoms with Crippen molar-refractivity contribution in [1.29, 1.82) is 0 Å². The summed E-state index contributed by atoms with van der Waals surface area (Å²) in [5.41, 5.74) is 6.08. The van der Waals surface area contributed by atoms with Crippen molar-refractivity contribution in [1.82, 2.24) is 19.7 Å². The maximum absolute atomic E-state index is 12.7. The normalized spacial score (nSPS) is 21.2. The van der Waals surface area contributed by atoms with Crippen LogP contribution in [0.25, 0.3) is 0 Å². The Labute approximate surface area is 156 Å². The second-order valence-electron chi connectivity index (χ2n) is 6.52. The molecule has 2 N–H and O–H groups in total. The third-order valence-corrected chi connectivity index (χ3v) is 4.89. The monoisotopic (exact) mass is 377 g/mol. The highest BCUT2D eigenvalue weighted by atomic mass is 35.5. The SMILES string of the molecule is CCCC(N)C(=O)N1CCCCC1c1nnc2n1CCCC2.Cl.Cl. The van der Waals surface area contributed by atoms with E-state index in [2.05, 4.69) is 21.7 Å². The lowest BCUT2D eigenvalue weighted by atomic mass is 9.99. The van der Waals surface area contributed by atoms with Crippen molar-refractivity contribution in [2.45, 2.75) is 76.9 Å². The van der Waals surface area contributed by atoms with Crippen LogP contribution >= 0.6 is 24.8 Å². The summed E-state index contributed by atoms with van der Waals surface area (Å²) in [4.78, 5) is 14.7. The van der Waals surface area contributed by atoms with Crippen LogP contribution in [0.4, 0.5) is 0 Å². The molecule has 1 fully saturated rings. The number of fused-ring (bicyclic) bond motifs is 1. The molecule has 2 unspecified atom stereocenters. The highest BCUT2D eigenvalue weighted by Crippen LogP contribution is 2.32. The quantitative estimate of drug-likeness (QED) is 0.874. The van der Waals surface area contributed by atoms with E-state index in [1.807, 2.05) is 4.90 Å². The van der Waals surface area contributed by atoms with Crippen LogP contribution in [0.15, 0.2) is 0 Å². The number of carbonyl (C=O) groups is 1. The van der Waals surface area contributed by atoms with E-state index in [4.69, 9.17) is 5.73 Å². The van der Waals surface area contributed by atoms with E-state index in [1.54, 1.807) is 0 Å². The Morgan fingerprint density at radius 1 is 1.21 bits per heavy atom. The van der Waals surface area contributed by atoms with Crippen molar-refractivity contribution in [2.75, 3.05) is 6.54 Å². The first-order chi connectivity index (χ1) is 10.7. The molecule has 1 aromatic heterocycles. The molecule has 1 aromatic rings. The Kier molecular flexibility index (Phi) is 8.46. The van der Waals surface area contributed by atoms with E-state index in [0.717, 1.165) is 63.3 Å². The lowest BCUT2D eigenvalue weighted by Gasteiger charge is -2.37. The molecule has 2 aliphatic rings. The molecule has 0 spiro atoms. The smallest absolute Gasteiger partial charge is 0.240 e. The molecule has 2 atom stereocenters. The average molecular weight is 378 g/mol. The average Bonchev–Trinajstić information content (AvgIpc) is 2.98. The summed E-state index contributed by atoms with van der Waals surface area (Å²) < 4.78 is 2.24.